The zero-order valence-electron chi connectivity index (χ0n) is 14.5. The average Bonchev–Trinajstić information content (AvgIpc) is 2.90. The summed E-state index contributed by atoms with van der Waals surface area (Å²) < 4.78 is 3.52. The van der Waals surface area contributed by atoms with Gasteiger partial charge < -0.3 is 9.88 Å². The summed E-state index contributed by atoms with van der Waals surface area (Å²) in [5.74, 6) is 0.474. The maximum absolute atomic E-state index is 12.4. The molecule has 0 radical (unpaired) electrons. The normalized spacial score (nSPS) is 10.8. The molecule has 0 unspecified atom stereocenters. The van der Waals surface area contributed by atoms with Crippen LogP contribution in [0.5, 0.6) is 0 Å². The molecule has 1 N–H and O–H groups in total. The van der Waals surface area contributed by atoms with E-state index in [-0.39, 0.29) is 18.0 Å². The highest BCUT2D eigenvalue weighted by Gasteiger charge is 2.14. The molecule has 3 heterocycles. The largest absolute Gasteiger partial charge is 0.309 e. The van der Waals surface area contributed by atoms with E-state index in [2.05, 4.69) is 36.3 Å². The second-order valence-corrected chi connectivity index (χ2v) is 6.81. The van der Waals surface area contributed by atoms with E-state index in [4.69, 9.17) is 0 Å². The highest BCUT2D eigenvalue weighted by molar-refractivity contribution is 9.10. The Morgan fingerprint density at radius 2 is 1.81 bits per heavy atom. The number of carbonyl (C=O) groups excluding carboxylic acids is 1. The van der Waals surface area contributed by atoms with Gasteiger partial charge in [-0.2, -0.15) is 9.78 Å². The van der Waals surface area contributed by atoms with E-state index in [0.717, 1.165) is 15.9 Å². The molecule has 0 atom stereocenters. The van der Waals surface area contributed by atoms with Gasteiger partial charge in [0.1, 0.15) is 12.4 Å². The van der Waals surface area contributed by atoms with Gasteiger partial charge in [0.2, 0.25) is 5.91 Å². The van der Waals surface area contributed by atoms with Crippen molar-refractivity contribution in [3.63, 3.8) is 0 Å². The first kappa shape index (κ1) is 18.0. The third kappa shape index (κ3) is 4.05. The number of rotatable bonds is 4. The number of halogens is 1. The quantitative estimate of drug-likeness (QED) is 0.702. The average molecular weight is 417 g/mol. The van der Waals surface area contributed by atoms with Gasteiger partial charge in [-0.1, -0.05) is 0 Å². The van der Waals surface area contributed by atoms with Crippen LogP contribution in [0.15, 0.2) is 39.7 Å². The van der Waals surface area contributed by atoms with Crippen molar-refractivity contribution < 1.29 is 4.79 Å². The number of hydrogen-bond donors (Lipinski definition) is 1. The summed E-state index contributed by atoms with van der Waals surface area (Å²) in [6, 6.07) is 6.61. The van der Waals surface area contributed by atoms with Gasteiger partial charge in [0, 0.05) is 34.2 Å². The monoisotopic (exact) mass is 416 g/mol. The number of nitrogens with one attached hydrogen (secondary N) is 1. The fourth-order valence-corrected chi connectivity index (χ4v) is 2.89. The minimum Gasteiger partial charge on any atom is -0.309 e. The highest BCUT2D eigenvalue weighted by atomic mass is 79.9. The van der Waals surface area contributed by atoms with Gasteiger partial charge in [-0.15, -0.1) is 0 Å². The Kier molecular flexibility index (Phi) is 4.99. The van der Waals surface area contributed by atoms with Crippen molar-refractivity contribution in [3.05, 3.63) is 62.4 Å². The van der Waals surface area contributed by atoms with Crippen LogP contribution in [0.1, 0.15) is 17.1 Å². The fourth-order valence-electron chi connectivity index (χ4n) is 2.51. The van der Waals surface area contributed by atoms with Gasteiger partial charge in [-0.05, 0) is 48.8 Å². The van der Waals surface area contributed by atoms with Gasteiger partial charge in [0.15, 0.2) is 0 Å². The molecule has 0 aliphatic heterocycles. The Morgan fingerprint density at radius 1 is 1.12 bits per heavy atom. The number of hydrogen-bond acceptors (Lipinski definition) is 5. The second kappa shape index (κ2) is 7.20. The molecule has 0 aliphatic rings. The van der Waals surface area contributed by atoms with Crippen molar-refractivity contribution in [3.8, 4) is 5.95 Å². The molecule has 0 aromatic carbocycles. The molecule has 0 fully saturated rings. The summed E-state index contributed by atoms with van der Waals surface area (Å²) in [5.41, 5.74) is 2.06. The van der Waals surface area contributed by atoms with E-state index >= 15 is 0 Å². The molecule has 9 heteroatoms. The van der Waals surface area contributed by atoms with E-state index < -0.39 is 0 Å². The smallest absolute Gasteiger partial charge is 0.252 e. The first-order chi connectivity index (χ1) is 12.3. The zero-order valence-corrected chi connectivity index (χ0v) is 16.1. The molecule has 3 aromatic heterocycles. The second-order valence-electron chi connectivity index (χ2n) is 5.90. The van der Waals surface area contributed by atoms with E-state index in [1.54, 1.807) is 18.3 Å². The molecule has 3 aromatic rings. The molecule has 0 aliphatic carbocycles. The SMILES string of the molecule is Cc1cc(C)nc(-n2nc(C)cc2NC(=O)Cn2cc(Br)ccc2=O)n1. The Labute approximate surface area is 158 Å². The molecule has 26 heavy (non-hydrogen) atoms. The standard InChI is InChI=1S/C17H17BrN6O2/c1-10-6-11(2)20-17(19-10)24-14(7-12(3)22-24)21-15(25)9-23-8-13(18)4-5-16(23)26/h4-8H,9H2,1-3H3,(H,21,25). The lowest BCUT2D eigenvalue weighted by Crippen LogP contribution is -2.27. The molecule has 0 spiro atoms. The van der Waals surface area contributed by atoms with Crippen LogP contribution in [0.4, 0.5) is 5.82 Å². The van der Waals surface area contributed by atoms with Crippen molar-refractivity contribution >= 4 is 27.7 Å². The van der Waals surface area contributed by atoms with Crippen molar-refractivity contribution in [1.82, 2.24) is 24.3 Å². The van der Waals surface area contributed by atoms with Gasteiger partial charge in [-0.3, -0.25) is 9.59 Å². The lowest BCUT2D eigenvalue weighted by atomic mass is 10.4. The van der Waals surface area contributed by atoms with Crippen molar-refractivity contribution in [2.24, 2.45) is 0 Å². The molecule has 3 rings (SSSR count). The summed E-state index contributed by atoms with van der Waals surface area (Å²) >= 11 is 3.29. The van der Waals surface area contributed by atoms with Crippen molar-refractivity contribution in [1.29, 1.82) is 0 Å². The van der Waals surface area contributed by atoms with Gasteiger partial charge in [-0.25, -0.2) is 9.97 Å². The predicted molar refractivity (Wildman–Crippen MR) is 100 cm³/mol. The number of pyridine rings is 1. The van der Waals surface area contributed by atoms with Crippen LogP contribution in [-0.2, 0) is 11.3 Å². The molecule has 0 saturated heterocycles. The molecule has 134 valence electrons. The number of amides is 1. The van der Waals surface area contributed by atoms with Crippen LogP contribution < -0.4 is 10.9 Å². The number of anilines is 1. The van der Waals surface area contributed by atoms with E-state index in [9.17, 15) is 9.59 Å². The third-order valence-corrected chi connectivity index (χ3v) is 3.99. The number of aryl methyl sites for hydroxylation is 3. The van der Waals surface area contributed by atoms with Crippen LogP contribution >= 0.6 is 15.9 Å². The summed E-state index contributed by atoms with van der Waals surface area (Å²) in [6.07, 6.45) is 1.57. The summed E-state index contributed by atoms with van der Waals surface area (Å²) in [6.45, 7) is 5.43. The summed E-state index contributed by atoms with van der Waals surface area (Å²) in [5, 5.41) is 7.13. The molecule has 1 amide bonds. The number of nitrogens with zero attached hydrogens (tertiary/aromatic N) is 5. The predicted octanol–water partition coefficient (Wildman–Crippen LogP) is 2.15. The lowest BCUT2D eigenvalue weighted by molar-refractivity contribution is -0.116. The first-order valence-electron chi connectivity index (χ1n) is 7.87. The van der Waals surface area contributed by atoms with Crippen molar-refractivity contribution in [2.75, 3.05) is 5.32 Å². The van der Waals surface area contributed by atoms with Crippen LogP contribution in [-0.4, -0.2) is 30.2 Å². The molecule has 0 bridgehead atoms. The third-order valence-electron chi connectivity index (χ3n) is 3.52. The van der Waals surface area contributed by atoms with E-state index in [0.29, 0.717) is 17.5 Å². The van der Waals surface area contributed by atoms with Crippen molar-refractivity contribution in [2.45, 2.75) is 27.3 Å². The fraction of sp³-hybridized carbons (Fsp3) is 0.235. The van der Waals surface area contributed by atoms with Gasteiger partial charge >= 0.3 is 0 Å². The Bertz CT molecular complexity index is 1020. The minimum absolute atomic E-state index is 0.115. The Morgan fingerprint density at radius 3 is 2.50 bits per heavy atom. The molecule has 0 saturated carbocycles. The van der Waals surface area contributed by atoms with Crippen LogP contribution in [0.25, 0.3) is 5.95 Å². The van der Waals surface area contributed by atoms with Gasteiger partial charge in [0.05, 0.1) is 5.69 Å². The highest BCUT2D eigenvalue weighted by Crippen LogP contribution is 2.15. The topological polar surface area (TPSA) is 94.7 Å². The van der Waals surface area contributed by atoms with Crippen LogP contribution in [0, 0.1) is 20.8 Å². The summed E-state index contributed by atoms with van der Waals surface area (Å²) in [7, 11) is 0. The summed E-state index contributed by atoms with van der Waals surface area (Å²) in [4.78, 5) is 33.0. The zero-order chi connectivity index (χ0) is 18.8. The molecule has 8 nitrogen and oxygen atoms in total. The first-order valence-corrected chi connectivity index (χ1v) is 8.66. The Hall–Kier alpha value is -2.81. The minimum atomic E-state index is -0.351. The maximum atomic E-state index is 12.4. The Balaban J connectivity index is 1.87. The lowest BCUT2D eigenvalue weighted by Gasteiger charge is -2.10. The molecular formula is C17H17BrN6O2. The van der Waals surface area contributed by atoms with E-state index in [1.807, 2.05) is 26.8 Å². The number of aromatic nitrogens is 5. The van der Waals surface area contributed by atoms with E-state index in [1.165, 1.54) is 15.3 Å². The molecular weight excluding hydrogens is 400 g/mol. The van der Waals surface area contributed by atoms with Crippen LogP contribution in [0.3, 0.4) is 0 Å². The number of carbonyl (C=O) groups is 1. The maximum Gasteiger partial charge on any atom is 0.252 e. The van der Waals surface area contributed by atoms with Gasteiger partial charge in [0.25, 0.3) is 11.5 Å². The van der Waals surface area contributed by atoms with Crippen LogP contribution in [0.2, 0.25) is 0 Å².